The Kier molecular flexibility index (Phi) is 5.64. The van der Waals surface area contributed by atoms with Crippen LogP contribution in [-0.4, -0.2) is 13.6 Å². The van der Waals surface area contributed by atoms with Gasteiger partial charge < -0.3 is 3.79 Å². The van der Waals surface area contributed by atoms with Gasteiger partial charge in [-0.3, -0.25) is 0 Å². The molecule has 20 heavy (non-hydrogen) atoms. The van der Waals surface area contributed by atoms with Gasteiger partial charge >= 0.3 is 13.6 Å². The molecule has 112 valence electrons. The van der Waals surface area contributed by atoms with Crippen LogP contribution in [0.1, 0.15) is 65.2 Å². The minimum Gasteiger partial charge on any atom is -0.631 e. The summed E-state index contributed by atoms with van der Waals surface area (Å²) in [5.74, 6) is 1.03. The van der Waals surface area contributed by atoms with E-state index in [0.717, 1.165) is 11.0 Å². The zero-order valence-electron chi connectivity index (χ0n) is 14.2. The van der Waals surface area contributed by atoms with E-state index in [0.29, 0.717) is 0 Å². The summed E-state index contributed by atoms with van der Waals surface area (Å²) in [7, 11) is 6.40. The first-order valence-electron chi connectivity index (χ1n) is 7.43. The van der Waals surface area contributed by atoms with Crippen molar-refractivity contribution in [1.82, 2.24) is 0 Å². The van der Waals surface area contributed by atoms with Crippen molar-refractivity contribution in [3.8, 4) is 5.75 Å². The Labute approximate surface area is 133 Å². The molecule has 0 bridgehead atoms. The SMILES string of the molecule is C[CH2][Al]([Cl])[O]c1c(C(C)(C)C)cc(C)cc1C(C)(C)C. The summed E-state index contributed by atoms with van der Waals surface area (Å²) in [6, 6.07) is 4.50. The van der Waals surface area contributed by atoms with E-state index < -0.39 is 13.6 Å². The van der Waals surface area contributed by atoms with Gasteiger partial charge in [0.05, 0.1) is 5.75 Å². The van der Waals surface area contributed by atoms with Crippen molar-refractivity contribution >= 4 is 23.6 Å². The number of aryl methyl sites for hydroxylation is 1. The highest BCUT2D eigenvalue weighted by atomic mass is 35.6. The summed E-state index contributed by atoms with van der Waals surface area (Å²) in [6.07, 6.45) is 0. The van der Waals surface area contributed by atoms with Crippen molar-refractivity contribution in [2.75, 3.05) is 0 Å². The number of halogens is 1. The van der Waals surface area contributed by atoms with Crippen LogP contribution in [0, 0.1) is 6.92 Å². The number of hydrogen-bond acceptors (Lipinski definition) is 1. The zero-order valence-corrected chi connectivity index (χ0v) is 16.1. The van der Waals surface area contributed by atoms with E-state index in [1.807, 2.05) is 0 Å². The lowest BCUT2D eigenvalue weighted by Gasteiger charge is -2.31. The van der Waals surface area contributed by atoms with Crippen LogP contribution in [0.4, 0.5) is 0 Å². The van der Waals surface area contributed by atoms with E-state index >= 15 is 0 Å². The summed E-state index contributed by atoms with van der Waals surface area (Å²) >= 11 is -1.65. The minimum absolute atomic E-state index is 0.0557. The maximum atomic E-state index is 6.40. The lowest BCUT2D eigenvalue weighted by molar-refractivity contribution is 0.489. The topological polar surface area (TPSA) is 9.23 Å². The van der Waals surface area contributed by atoms with E-state index in [1.165, 1.54) is 16.7 Å². The molecule has 0 aromatic heterocycles. The second-order valence-corrected chi connectivity index (χ2v) is 11.0. The predicted molar refractivity (Wildman–Crippen MR) is 91.3 cm³/mol. The summed E-state index contributed by atoms with van der Waals surface area (Å²) in [5, 5.41) is 0.933. The van der Waals surface area contributed by atoms with E-state index in [-0.39, 0.29) is 10.8 Å². The molecule has 1 aromatic carbocycles. The Morgan fingerprint density at radius 2 is 1.40 bits per heavy atom. The fourth-order valence-electron chi connectivity index (χ4n) is 2.23. The molecule has 0 aliphatic rings. The Morgan fingerprint density at radius 1 is 1.00 bits per heavy atom. The molecule has 0 radical (unpaired) electrons. The molecular formula is C17H28AlClO. The zero-order chi connectivity index (χ0) is 15.7. The lowest BCUT2D eigenvalue weighted by atomic mass is 9.78. The molecule has 0 amide bonds. The average Bonchev–Trinajstić information content (AvgIpc) is 2.27. The Hall–Kier alpha value is -0.158. The average molecular weight is 311 g/mol. The van der Waals surface area contributed by atoms with Gasteiger partial charge in [-0.15, -0.1) is 0 Å². The van der Waals surface area contributed by atoms with Crippen LogP contribution in [0.3, 0.4) is 0 Å². The Morgan fingerprint density at radius 3 is 1.70 bits per heavy atom. The molecule has 0 N–H and O–H groups in total. The number of rotatable bonds is 3. The lowest BCUT2D eigenvalue weighted by Crippen LogP contribution is -2.23. The van der Waals surface area contributed by atoms with Crippen molar-refractivity contribution in [3.05, 3.63) is 28.8 Å². The first kappa shape index (κ1) is 17.9. The quantitative estimate of drug-likeness (QED) is 0.649. The molecule has 0 atom stereocenters. The molecule has 1 nitrogen and oxygen atoms in total. The molecule has 1 rings (SSSR count). The van der Waals surface area contributed by atoms with E-state index in [9.17, 15) is 0 Å². The van der Waals surface area contributed by atoms with Gasteiger partial charge in [-0.25, -0.2) is 10.0 Å². The summed E-state index contributed by atoms with van der Waals surface area (Å²) in [4.78, 5) is 0. The number of hydrogen-bond donors (Lipinski definition) is 0. The summed E-state index contributed by atoms with van der Waals surface area (Å²) in [5.41, 5.74) is 3.94. The van der Waals surface area contributed by atoms with Crippen LogP contribution >= 0.6 is 10.0 Å². The Bertz CT molecular complexity index is 434. The van der Waals surface area contributed by atoms with Gasteiger partial charge in [0, 0.05) is 0 Å². The van der Waals surface area contributed by atoms with Gasteiger partial charge in [0.25, 0.3) is 0 Å². The first-order chi connectivity index (χ1) is 8.96. The summed E-state index contributed by atoms with van der Waals surface area (Å²) in [6.45, 7) is 17.7. The van der Waals surface area contributed by atoms with Gasteiger partial charge in [-0.1, -0.05) is 66.2 Å². The van der Waals surface area contributed by atoms with Gasteiger partial charge in [-0.05, 0) is 34.2 Å². The largest absolute Gasteiger partial charge is 0.679 e. The van der Waals surface area contributed by atoms with Crippen LogP contribution in [0.15, 0.2) is 12.1 Å². The van der Waals surface area contributed by atoms with E-state index in [4.69, 9.17) is 13.8 Å². The molecule has 0 saturated heterocycles. The van der Waals surface area contributed by atoms with Crippen molar-refractivity contribution in [1.29, 1.82) is 0 Å². The normalized spacial score (nSPS) is 12.4. The molecule has 0 aliphatic carbocycles. The molecule has 0 saturated carbocycles. The summed E-state index contributed by atoms with van der Waals surface area (Å²) < 4.78 is 6.24. The van der Waals surface area contributed by atoms with Crippen LogP contribution in [-0.2, 0) is 10.8 Å². The standard InChI is InChI=1S/C15H24O.C2H5.Al.ClH/c1-10-8-11(14(2,3)4)13(16)12(9-10)15(5,6)7;1-2;;/h8-9,16H,1-7H3;1H2,2H3;;1H/q;;+2;/p-2. The third-order valence-electron chi connectivity index (χ3n) is 3.42. The van der Waals surface area contributed by atoms with Crippen LogP contribution < -0.4 is 3.79 Å². The molecule has 0 heterocycles. The van der Waals surface area contributed by atoms with Crippen molar-refractivity contribution < 1.29 is 3.79 Å². The molecule has 1 aromatic rings. The minimum atomic E-state index is -1.65. The van der Waals surface area contributed by atoms with Crippen LogP contribution in [0.5, 0.6) is 5.75 Å². The maximum Gasteiger partial charge on any atom is 0.679 e. The Balaban J connectivity index is 3.54. The molecule has 0 fully saturated rings. The van der Waals surface area contributed by atoms with Crippen molar-refractivity contribution in [2.45, 2.75) is 71.5 Å². The second kappa shape index (κ2) is 6.31. The van der Waals surface area contributed by atoms with Crippen molar-refractivity contribution in [3.63, 3.8) is 0 Å². The molecule has 0 aliphatic heterocycles. The smallest absolute Gasteiger partial charge is 0.631 e. The highest BCUT2D eigenvalue weighted by Gasteiger charge is 2.30. The third-order valence-corrected chi connectivity index (χ3v) is 5.74. The van der Waals surface area contributed by atoms with E-state index in [2.05, 4.69) is 67.5 Å². The number of benzene rings is 1. The molecule has 3 heteroatoms. The first-order valence-corrected chi connectivity index (χ1v) is 10.5. The highest BCUT2D eigenvalue weighted by Crippen LogP contribution is 2.41. The molecule has 0 spiro atoms. The molecular weight excluding hydrogens is 283 g/mol. The molecule has 0 unspecified atom stereocenters. The second-order valence-electron chi connectivity index (χ2n) is 7.63. The van der Waals surface area contributed by atoms with Gasteiger partial charge in [0.2, 0.25) is 0 Å². The van der Waals surface area contributed by atoms with Gasteiger partial charge in [-0.2, -0.15) is 0 Å². The van der Waals surface area contributed by atoms with Crippen LogP contribution in [0.25, 0.3) is 0 Å². The third kappa shape index (κ3) is 4.42. The van der Waals surface area contributed by atoms with E-state index in [1.54, 1.807) is 0 Å². The fourth-order valence-corrected chi connectivity index (χ4v) is 3.17. The monoisotopic (exact) mass is 310 g/mol. The van der Waals surface area contributed by atoms with Crippen LogP contribution in [0.2, 0.25) is 5.28 Å². The highest BCUT2D eigenvalue weighted by molar-refractivity contribution is 7.03. The van der Waals surface area contributed by atoms with Crippen molar-refractivity contribution in [2.24, 2.45) is 0 Å². The maximum absolute atomic E-state index is 6.40. The van der Waals surface area contributed by atoms with Gasteiger partial charge in [0.15, 0.2) is 0 Å². The predicted octanol–water partition coefficient (Wildman–Crippen LogP) is 5.72. The fraction of sp³-hybridized carbons (Fsp3) is 0.647. The van der Waals surface area contributed by atoms with Gasteiger partial charge in [0.1, 0.15) is 0 Å².